The molecule has 0 radical (unpaired) electrons. The van der Waals surface area contributed by atoms with Gasteiger partial charge in [-0.25, -0.2) is 14.4 Å². The third-order valence-corrected chi connectivity index (χ3v) is 3.61. The second-order valence-corrected chi connectivity index (χ2v) is 4.93. The summed E-state index contributed by atoms with van der Waals surface area (Å²) < 4.78 is 1.22. The Bertz CT molecular complexity index is 433. The molecule has 6 heteroatoms. The van der Waals surface area contributed by atoms with Crippen LogP contribution < -0.4 is 0 Å². The highest BCUT2D eigenvalue weighted by atomic mass is 35.5. The lowest BCUT2D eigenvalue weighted by atomic mass is 9.93. The first-order chi connectivity index (χ1) is 8.58. The van der Waals surface area contributed by atoms with Crippen LogP contribution in [-0.4, -0.2) is 37.5 Å². The Kier molecular flexibility index (Phi) is 4.14. The minimum Gasteiger partial charge on any atom is -0.393 e. The highest BCUT2D eigenvalue weighted by Gasteiger charge is 2.28. The zero-order valence-electron chi connectivity index (χ0n) is 10.2. The molecule has 1 aromatic rings. The Morgan fingerprint density at radius 1 is 1.44 bits per heavy atom. The minimum atomic E-state index is -0.302. The average molecular weight is 270 g/mol. The fraction of sp³-hybridized carbons (Fsp3) is 0.583. The van der Waals surface area contributed by atoms with Crippen molar-refractivity contribution in [2.45, 2.75) is 44.8 Å². The summed E-state index contributed by atoms with van der Waals surface area (Å²) in [6.07, 6.45) is 4.10. The van der Waals surface area contributed by atoms with Crippen molar-refractivity contribution >= 4 is 17.7 Å². The predicted molar refractivity (Wildman–Crippen MR) is 67.1 cm³/mol. The van der Waals surface area contributed by atoms with Gasteiger partial charge in [-0.3, -0.25) is 4.79 Å². The number of carbonyl (C=O) groups excluding carboxylic acids is 1. The monoisotopic (exact) mass is 269 g/mol. The molecule has 1 heterocycles. The molecule has 5 nitrogen and oxygen atoms in total. The van der Waals surface area contributed by atoms with Gasteiger partial charge in [-0.2, -0.15) is 0 Å². The number of aliphatic hydroxyl groups excluding tert-OH is 1. The van der Waals surface area contributed by atoms with E-state index in [1.807, 2.05) is 0 Å². The zero-order chi connectivity index (χ0) is 13.1. The molecule has 98 valence electrons. The summed E-state index contributed by atoms with van der Waals surface area (Å²) in [6.45, 7) is 1.73. The number of carbonyl (C=O) groups is 1. The molecular weight excluding hydrogens is 254 g/mol. The number of hydrogen-bond donors (Lipinski definition) is 1. The second-order valence-electron chi connectivity index (χ2n) is 4.57. The summed E-state index contributed by atoms with van der Waals surface area (Å²) in [5.41, 5.74) is 0.309. The summed E-state index contributed by atoms with van der Waals surface area (Å²) in [4.78, 5) is 20.1. The number of rotatable bonds is 2. The van der Waals surface area contributed by atoms with Crippen LogP contribution in [0, 0.1) is 6.92 Å². The summed E-state index contributed by atoms with van der Waals surface area (Å²) >= 11 is 6.09. The van der Waals surface area contributed by atoms with Crippen molar-refractivity contribution in [3.05, 3.63) is 23.8 Å². The van der Waals surface area contributed by atoms with Gasteiger partial charge in [0.05, 0.1) is 6.10 Å². The Balaban J connectivity index is 2.04. The van der Waals surface area contributed by atoms with Gasteiger partial charge in [0.1, 0.15) is 11.5 Å². The molecule has 1 aliphatic rings. The van der Waals surface area contributed by atoms with Crippen LogP contribution >= 0.6 is 11.8 Å². The van der Waals surface area contributed by atoms with Crippen molar-refractivity contribution in [2.75, 3.05) is 0 Å². The topological polar surface area (TPSA) is 66.3 Å². The number of aromatic nitrogens is 2. The first-order valence-electron chi connectivity index (χ1n) is 6.05. The molecule has 1 N–H and O–H groups in total. The van der Waals surface area contributed by atoms with Crippen molar-refractivity contribution in [1.29, 1.82) is 0 Å². The van der Waals surface area contributed by atoms with E-state index in [0.29, 0.717) is 24.4 Å². The molecule has 1 saturated carbocycles. The Labute approximate surface area is 111 Å². The molecule has 1 fully saturated rings. The van der Waals surface area contributed by atoms with Crippen LogP contribution in [0.3, 0.4) is 0 Å². The summed E-state index contributed by atoms with van der Waals surface area (Å²) in [7, 11) is 0. The molecule has 0 aromatic carbocycles. The Morgan fingerprint density at radius 3 is 2.72 bits per heavy atom. The largest absolute Gasteiger partial charge is 0.393 e. The van der Waals surface area contributed by atoms with Crippen LogP contribution in [0.2, 0.25) is 0 Å². The fourth-order valence-corrected chi connectivity index (χ4v) is 2.42. The van der Waals surface area contributed by atoms with Crippen molar-refractivity contribution in [3.63, 3.8) is 0 Å². The van der Waals surface area contributed by atoms with Gasteiger partial charge in [-0.05, 0) is 38.7 Å². The zero-order valence-corrected chi connectivity index (χ0v) is 11.0. The average Bonchev–Trinajstić information content (AvgIpc) is 2.38. The van der Waals surface area contributed by atoms with Crippen molar-refractivity contribution in [2.24, 2.45) is 0 Å². The minimum absolute atomic E-state index is 0.0298. The molecule has 18 heavy (non-hydrogen) atoms. The molecule has 0 unspecified atom stereocenters. The fourth-order valence-electron chi connectivity index (χ4n) is 2.14. The van der Waals surface area contributed by atoms with Gasteiger partial charge in [0, 0.05) is 24.0 Å². The molecule has 0 aliphatic heterocycles. The molecule has 0 saturated heterocycles. The number of hydrogen-bond acceptors (Lipinski definition) is 4. The number of aliphatic hydroxyl groups is 1. The van der Waals surface area contributed by atoms with Crippen molar-refractivity contribution in [3.8, 4) is 0 Å². The molecule has 1 aromatic heterocycles. The highest BCUT2D eigenvalue weighted by molar-refractivity contribution is 6.24. The highest BCUT2D eigenvalue weighted by Crippen LogP contribution is 2.25. The van der Waals surface area contributed by atoms with Gasteiger partial charge in [0.2, 0.25) is 0 Å². The number of nitrogens with zero attached hydrogens (tertiary/aromatic N) is 3. The molecule has 2 rings (SSSR count). The summed E-state index contributed by atoms with van der Waals surface area (Å²) in [5.74, 6) is 0.244. The quantitative estimate of drug-likeness (QED) is 0.830. The third kappa shape index (κ3) is 2.97. The standard InChI is InChI=1S/C12H16ClN3O2/c1-8-14-7-6-11(15-8)12(18)16(13)9-2-4-10(17)5-3-9/h6-7,9-10,17H,2-5H2,1H3. The van der Waals surface area contributed by atoms with Crippen LogP contribution in [0.4, 0.5) is 0 Å². The smallest absolute Gasteiger partial charge is 0.287 e. The lowest BCUT2D eigenvalue weighted by Crippen LogP contribution is -2.37. The van der Waals surface area contributed by atoms with Crippen LogP contribution in [-0.2, 0) is 0 Å². The molecular formula is C12H16ClN3O2. The first kappa shape index (κ1) is 13.2. The number of amides is 1. The first-order valence-corrected chi connectivity index (χ1v) is 6.39. The van der Waals surface area contributed by atoms with E-state index in [4.69, 9.17) is 11.8 Å². The van der Waals surface area contributed by atoms with Crippen LogP contribution in [0.25, 0.3) is 0 Å². The molecule has 1 aliphatic carbocycles. The lowest BCUT2D eigenvalue weighted by molar-refractivity contribution is 0.0693. The van der Waals surface area contributed by atoms with Crippen molar-refractivity contribution < 1.29 is 9.90 Å². The molecule has 0 atom stereocenters. The normalized spacial score (nSPS) is 23.7. The molecule has 1 amide bonds. The van der Waals surface area contributed by atoms with Gasteiger partial charge < -0.3 is 5.11 Å². The van der Waals surface area contributed by atoms with E-state index in [2.05, 4.69) is 9.97 Å². The van der Waals surface area contributed by atoms with E-state index in [1.165, 1.54) is 4.42 Å². The lowest BCUT2D eigenvalue weighted by Gasteiger charge is -2.30. The SMILES string of the molecule is Cc1nccc(C(=O)N(Cl)C2CCC(O)CC2)n1. The predicted octanol–water partition coefficient (Wildman–Crippen LogP) is 1.68. The number of halogens is 1. The van der Waals surface area contributed by atoms with E-state index in [9.17, 15) is 9.90 Å². The van der Waals surface area contributed by atoms with Crippen LogP contribution in [0.5, 0.6) is 0 Å². The summed E-state index contributed by atoms with van der Waals surface area (Å²) in [5, 5.41) is 9.43. The third-order valence-electron chi connectivity index (χ3n) is 3.18. The van der Waals surface area contributed by atoms with Gasteiger partial charge in [0.25, 0.3) is 5.91 Å². The molecule has 0 bridgehead atoms. The number of aryl methyl sites for hydroxylation is 1. The Morgan fingerprint density at radius 2 is 2.11 bits per heavy atom. The van der Waals surface area contributed by atoms with Crippen molar-refractivity contribution in [1.82, 2.24) is 14.4 Å². The molecule has 0 spiro atoms. The van der Waals surface area contributed by atoms with E-state index in [0.717, 1.165) is 12.8 Å². The van der Waals surface area contributed by atoms with E-state index >= 15 is 0 Å². The van der Waals surface area contributed by atoms with Crippen LogP contribution in [0.15, 0.2) is 12.3 Å². The van der Waals surface area contributed by atoms with E-state index < -0.39 is 0 Å². The van der Waals surface area contributed by atoms with Gasteiger partial charge in [-0.15, -0.1) is 0 Å². The second kappa shape index (κ2) is 5.63. The van der Waals surface area contributed by atoms with Crippen LogP contribution in [0.1, 0.15) is 42.0 Å². The maximum absolute atomic E-state index is 12.1. The maximum atomic E-state index is 12.1. The van der Waals surface area contributed by atoms with E-state index in [1.54, 1.807) is 19.2 Å². The van der Waals surface area contributed by atoms with Gasteiger partial charge >= 0.3 is 0 Å². The van der Waals surface area contributed by atoms with E-state index in [-0.39, 0.29) is 18.1 Å². The summed E-state index contributed by atoms with van der Waals surface area (Å²) in [6, 6.07) is 1.53. The van der Waals surface area contributed by atoms with Gasteiger partial charge in [0.15, 0.2) is 0 Å². The Hall–Kier alpha value is -1.20. The maximum Gasteiger partial charge on any atom is 0.287 e. The van der Waals surface area contributed by atoms with Gasteiger partial charge in [-0.1, -0.05) is 0 Å².